The minimum atomic E-state index is -0.281. The van der Waals surface area contributed by atoms with Gasteiger partial charge in [-0.2, -0.15) is 0 Å². The van der Waals surface area contributed by atoms with Gasteiger partial charge < -0.3 is 15.4 Å². The Morgan fingerprint density at radius 3 is 2.67 bits per heavy atom. The number of rotatable bonds is 6. The molecule has 128 valence electrons. The molecule has 0 aromatic heterocycles. The molecule has 0 atom stereocenters. The number of hydrogen-bond donors (Lipinski definition) is 2. The van der Waals surface area contributed by atoms with Crippen LogP contribution in [-0.2, 0) is 0 Å². The van der Waals surface area contributed by atoms with Crippen LogP contribution in [0, 0.1) is 6.92 Å². The summed E-state index contributed by atoms with van der Waals surface area (Å²) in [4.78, 5) is 11.8. The number of carbonyl (C=O) groups excluding carboxylic acids is 1. The summed E-state index contributed by atoms with van der Waals surface area (Å²) in [6, 6.07) is 10.5. The van der Waals surface area contributed by atoms with Gasteiger partial charge in [0.15, 0.2) is 0 Å². The van der Waals surface area contributed by atoms with Crippen LogP contribution in [0.5, 0.6) is 5.75 Å². The van der Waals surface area contributed by atoms with E-state index in [2.05, 4.69) is 26.6 Å². The number of benzene rings is 2. The fourth-order valence-electron chi connectivity index (χ4n) is 1.89. The minimum Gasteiger partial charge on any atom is -0.492 e. The Balaban J connectivity index is 1.68. The van der Waals surface area contributed by atoms with Crippen LogP contribution in [0.2, 0.25) is 10.0 Å². The van der Waals surface area contributed by atoms with E-state index in [9.17, 15) is 4.79 Å². The topological polar surface area (TPSA) is 50.4 Å². The van der Waals surface area contributed by atoms with E-state index < -0.39 is 0 Å². The summed E-state index contributed by atoms with van der Waals surface area (Å²) in [6.45, 7) is 2.85. The quantitative estimate of drug-likeness (QED) is 0.580. The molecule has 0 aliphatic carbocycles. The smallest absolute Gasteiger partial charge is 0.319 e. The number of ether oxygens (including phenoxy) is 1. The van der Waals surface area contributed by atoms with Crippen LogP contribution in [-0.4, -0.2) is 19.2 Å². The molecule has 0 aliphatic heterocycles. The second-order valence-electron chi connectivity index (χ2n) is 5.12. The number of carbonyl (C=O) groups is 1. The highest BCUT2D eigenvalue weighted by atomic mass is 79.9. The van der Waals surface area contributed by atoms with Gasteiger partial charge in [-0.1, -0.05) is 45.2 Å². The Bertz CT molecular complexity index is 726. The first-order valence-corrected chi connectivity index (χ1v) is 8.89. The third-order valence-corrected chi connectivity index (χ3v) is 4.38. The van der Waals surface area contributed by atoms with Gasteiger partial charge in [-0.05, 0) is 49.2 Å². The monoisotopic (exact) mass is 430 g/mol. The predicted octanol–water partition coefficient (Wildman–Crippen LogP) is 5.65. The molecule has 0 fully saturated rings. The van der Waals surface area contributed by atoms with Gasteiger partial charge >= 0.3 is 6.03 Å². The maximum Gasteiger partial charge on any atom is 0.319 e. The van der Waals surface area contributed by atoms with Gasteiger partial charge in [0.2, 0.25) is 0 Å². The standard InChI is InChI=1S/C17H17BrCl2N2O2/c1-11-3-5-13(10-14(11)19)22-17(23)21-7-2-8-24-16-6-4-12(18)9-15(16)20/h3-6,9-10H,2,7-8H2,1H3,(H2,21,22,23). The van der Waals surface area contributed by atoms with E-state index in [-0.39, 0.29) is 6.03 Å². The van der Waals surface area contributed by atoms with Gasteiger partial charge in [-0.25, -0.2) is 4.79 Å². The van der Waals surface area contributed by atoms with Crippen molar-refractivity contribution in [1.29, 1.82) is 0 Å². The van der Waals surface area contributed by atoms with Crippen molar-refractivity contribution in [3.05, 3.63) is 56.5 Å². The highest BCUT2D eigenvalue weighted by Crippen LogP contribution is 2.27. The normalized spacial score (nSPS) is 10.3. The van der Waals surface area contributed by atoms with Gasteiger partial charge in [0.05, 0.1) is 11.6 Å². The van der Waals surface area contributed by atoms with Crippen molar-refractivity contribution in [2.24, 2.45) is 0 Å². The van der Waals surface area contributed by atoms with E-state index in [4.69, 9.17) is 27.9 Å². The molecular formula is C17H17BrCl2N2O2. The highest BCUT2D eigenvalue weighted by Gasteiger charge is 2.04. The van der Waals surface area contributed by atoms with Crippen LogP contribution in [0.15, 0.2) is 40.9 Å². The Hall–Kier alpha value is -1.43. The molecular weight excluding hydrogens is 415 g/mol. The molecule has 7 heteroatoms. The lowest BCUT2D eigenvalue weighted by atomic mass is 10.2. The summed E-state index contributed by atoms with van der Waals surface area (Å²) in [5.41, 5.74) is 1.62. The van der Waals surface area contributed by atoms with E-state index in [1.807, 2.05) is 19.1 Å². The zero-order valence-electron chi connectivity index (χ0n) is 13.0. The van der Waals surface area contributed by atoms with E-state index in [0.29, 0.717) is 41.1 Å². The van der Waals surface area contributed by atoms with Crippen molar-refractivity contribution in [2.75, 3.05) is 18.5 Å². The Labute approximate surface area is 159 Å². The molecule has 24 heavy (non-hydrogen) atoms. The van der Waals surface area contributed by atoms with Crippen LogP contribution in [0.1, 0.15) is 12.0 Å². The Morgan fingerprint density at radius 1 is 1.17 bits per heavy atom. The first kappa shape index (κ1) is 18.9. The van der Waals surface area contributed by atoms with Crippen LogP contribution >= 0.6 is 39.1 Å². The second-order valence-corrected chi connectivity index (χ2v) is 6.85. The van der Waals surface area contributed by atoms with Crippen LogP contribution in [0.3, 0.4) is 0 Å². The summed E-state index contributed by atoms with van der Waals surface area (Å²) in [7, 11) is 0. The molecule has 4 nitrogen and oxygen atoms in total. The molecule has 2 N–H and O–H groups in total. The number of amides is 2. The molecule has 2 aromatic rings. The lowest BCUT2D eigenvalue weighted by Crippen LogP contribution is -2.30. The summed E-state index contributed by atoms with van der Waals surface area (Å²) in [6.07, 6.45) is 0.661. The fraction of sp³-hybridized carbons (Fsp3) is 0.235. The number of anilines is 1. The molecule has 0 bridgehead atoms. The minimum absolute atomic E-state index is 0.281. The van der Waals surface area contributed by atoms with Gasteiger partial charge in [-0.3, -0.25) is 0 Å². The van der Waals surface area contributed by atoms with Crippen molar-refractivity contribution >= 4 is 50.9 Å². The maximum absolute atomic E-state index is 11.8. The fourth-order valence-corrected chi connectivity index (χ4v) is 2.80. The molecule has 0 aliphatic rings. The predicted molar refractivity (Wildman–Crippen MR) is 102 cm³/mol. The summed E-state index contributed by atoms with van der Waals surface area (Å²) >= 11 is 15.4. The number of urea groups is 1. The molecule has 0 saturated carbocycles. The second kappa shape index (κ2) is 9.16. The number of aryl methyl sites for hydroxylation is 1. The molecule has 0 spiro atoms. The number of hydrogen-bond acceptors (Lipinski definition) is 2. The van der Waals surface area contributed by atoms with Crippen LogP contribution in [0.25, 0.3) is 0 Å². The molecule has 2 aromatic carbocycles. The molecule has 0 radical (unpaired) electrons. The lowest BCUT2D eigenvalue weighted by molar-refractivity contribution is 0.250. The van der Waals surface area contributed by atoms with Crippen molar-refractivity contribution in [2.45, 2.75) is 13.3 Å². The van der Waals surface area contributed by atoms with Crippen molar-refractivity contribution in [3.8, 4) is 5.75 Å². The van der Waals surface area contributed by atoms with Crippen LogP contribution < -0.4 is 15.4 Å². The van der Waals surface area contributed by atoms with Crippen molar-refractivity contribution in [3.63, 3.8) is 0 Å². The third kappa shape index (κ3) is 5.89. The zero-order valence-corrected chi connectivity index (χ0v) is 16.1. The van der Waals surface area contributed by atoms with Crippen LogP contribution in [0.4, 0.5) is 10.5 Å². The average Bonchev–Trinajstić information content (AvgIpc) is 2.52. The van der Waals surface area contributed by atoms with Gasteiger partial charge in [0, 0.05) is 21.7 Å². The summed E-state index contributed by atoms with van der Waals surface area (Å²) in [5, 5.41) is 6.66. The Kier molecular flexibility index (Phi) is 7.21. The van der Waals surface area contributed by atoms with E-state index in [1.54, 1.807) is 24.3 Å². The lowest BCUT2D eigenvalue weighted by Gasteiger charge is -2.10. The van der Waals surface area contributed by atoms with Gasteiger partial charge in [0.25, 0.3) is 0 Å². The van der Waals surface area contributed by atoms with E-state index in [0.717, 1.165) is 10.0 Å². The molecule has 2 rings (SSSR count). The average molecular weight is 432 g/mol. The van der Waals surface area contributed by atoms with Crippen molar-refractivity contribution < 1.29 is 9.53 Å². The largest absolute Gasteiger partial charge is 0.492 e. The summed E-state index contributed by atoms with van der Waals surface area (Å²) in [5.74, 6) is 0.624. The molecule has 0 saturated heterocycles. The van der Waals surface area contributed by atoms with Gasteiger partial charge in [0.1, 0.15) is 5.75 Å². The maximum atomic E-state index is 11.8. The third-order valence-electron chi connectivity index (χ3n) is 3.19. The molecule has 0 unspecified atom stereocenters. The van der Waals surface area contributed by atoms with Crippen molar-refractivity contribution in [1.82, 2.24) is 5.32 Å². The summed E-state index contributed by atoms with van der Waals surface area (Å²) < 4.78 is 6.48. The zero-order chi connectivity index (χ0) is 17.5. The van der Waals surface area contributed by atoms with Gasteiger partial charge in [-0.15, -0.1) is 0 Å². The SMILES string of the molecule is Cc1ccc(NC(=O)NCCCOc2ccc(Br)cc2Cl)cc1Cl. The first-order chi connectivity index (χ1) is 11.5. The first-order valence-electron chi connectivity index (χ1n) is 7.34. The van der Waals surface area contributed by atoms with E-state index in [1.165, 1.54) is 0 Å². The number of halogens is 3. The number of nitrogens with one attached hydrogen (secondary N) is 2. The molecule has 0 heterocycles. The van der Waals surface area contributed by atoms with E-state index >= 15 is 0 Å². The Morgan fingerprint density at radius 2 is 1.96 bits per heavy atom. The molecule has 2 amide bonds. The highest BCUT2D eigenvalue weighted by molar-refractivity contribution is 9.10.